The van der Waals surface area contributed by atoms with E-state index in [1.807, 2.05) is 0 Å². The number of aromatic hydroxyl groups is 1. The van der Waals surface area contributed by atoms with E-state index in [9.17, 15) is 19.5 Å². The lowest BCUT2D eigenvalue weighted by atomic mass is 10.0. The molecule has 0 spiro atoms. The fourth-order valence-electron chi connectivity index (χ4n) is 2.85. The van der Waals surface area contributed by atoms with Crippen molar-refractivity contribution < 1.29 is 23.8 Å². The monoisotopic (exact) mass is 401 g/mol. The number of hydrogen-bond acceptors (Lipinski definition) is 6. The predicted molar refractivity (Wildman–Crippen MR) is 104 cm³/mol. The van der Waals surface area contributed by atoms with E-state index >= 15 is 0 Å². The van der Waals surface area contributed by atoms with Gasteiger partial charge in [-0.25, -0.2) is 9.59 Å². The van der Waals surface area contributed by atoms with Crippen LogP contribution < -0.4 is 10.9 Å². The lowest BCUT2D eigenvalue weighted by Gasteiger charge is -2.11. The SMILES string of the molecule is COC(=O)c1ccc(Cl)cc1NC(=O)Cc1c(C)c2ccc(O)cc2oc1=O. The standard InChI is InChI=1S/C20H16ClNO6/c1-10-13-6-4-12(23)8-17(13)28-20(26)15(10)9-18(24)22-16-7-11(21)3-5-14(16)19(25)27-2/h3-8,23H,9H2,1-2H3,(H,22,24). The fourth-order valence-corrected chi connectivity index (χ4v) is 3.02. The quantitative estimate of drug-likeness (QED) is 0.512. The number of halogens is 1. The number of ether oxygens (including phenoxy) is 1. The molecule has 3 aromatic rings. The van der Waals surface area contributed by atoms with Crippen LogP contribution in [-0.4, -0.2) is 24.1 Å². The Balaban J connectivity index is 1.93. The zero-order chi connectivity index (χ0) is 20.4. The minimum absolute atomic E-state index is 0.0307. The summed E-state index contributed by atoms with van der Waals surface area (Å²) in [5.74, 6) is -1.19. The second kappa shape index (κ2) is 7.74. The number of anilines is 1. The Hall–Kier alpha value is -3.32. The van der Waals surface area contributed by atoms with Crippen molar-refractivity contribution in [1.82, 2.24) is 0 Å². The van der Waals surface area contributed by atoms with Gasteiger partial charge in [0.05, 0.1) is 30.3 Å². The average Bonchev–Trinajstić information content (AvgIpc) is 2.64. The van der Waals surface area contributed by atoms with Crippen molar-refractivity contribution >= 4 is 40.1 Å². The molecule has 28 heavy (non-hydrogen) atoms. The molecule has 7 nitrogen and oxygen atoms in total. The van der Waals surface area contributed by atoms with E-state index in [2.05, 4.69) is 5.32 Å². The number of hydrogen-bond donors (Lipinski definition) is 2. The van der Waals surface area contributed by atoms with Crippen molar-refractivity contribution in [2.45, 2.75) is 13.3 Å². The van der Waals surface area contributed by atoms with E-state index in [-0.39, 0.29) is 34.6 Å². The first-order chi connectivity index (χ1) is 13.3. The highest BCUT2D eigenvalue weighted by atomic mass is 35.5. The van der Waals surface area contributed by atoms with Gasteiger partial charge in [0.1, 0.15) is 11.3 Å². The number of aryl methyl sites for hydroxylation is 1. The highest BCUT2D eigenvalue weighted by Gasteiger charge is 2.18. The summed E-state index contributed by atoms with van der Waals surface area (Å²) in [4.78, 5) is 36.7. The largest absolute Gasteiger partial charge is 0.508 e. The number of fused-ring (bicyclic) bond motifs is 1. The van der Waals surface area contributed by atoms with Crippen LogP contribution in [0.5, 0.6) is 5.75 Å². The van der Waals surface area contributed by atoms with Crippen molar-refractivity contribution in [2.24, 2.45) is 0 Å². The molecule has 0 bridgehead atoms. The van der Waals surface area contributed by atoms with Gasteiger partial charge in [0.15, 0.2) is 0 Å². The molecule has 1 amide bonds. The van der Waals surface area contributed by atoms with Gasteiger partial charge < -0.3 is 19.6 Å². The van der Waals surface area contributed by atoms with Crippen LogP contribution in [0.2, 0.25) is 5.02 Å². The van der Waals surface area contributed by atoms with Crippen molar-refractivity contribution in [2.75, 3.05) is 12.4 Å². The second-order valence-electron chi connectivity index (χ2n) is 6.08. The van der Waals surface area contributed by atoms with E-state index in [4.69, 9.17) is 20.8 Å². The van der Waals surface area contributed by atoms with Crippen LogP contribution in [0.15, 0.2) is 45.6 Å². The summed E-state index contributed by atoms with van der Waals surface area (Å²) < 4.78 is 9.91. The van der Waals surface area contributed by atoms with Crippen molar-refractivity contribution in [3.8, 4) is 5.75 Å². The minimum atomic E-state index is -0.676. The van der Waals surface area contributed by atoms with Crippen molar-refractivity contribution in [3.05, 3.63) is 68.5 Å². The third-order valence-corrected chi connectivity index (χ3v) is 4.50. The molecule has 0 aliphatic rings. The van der Waals surface area contributed by atoms with Crippen LogP contribution in [0.4, 0.5) is 5.69 Å². The Bertz CT molecular complexity index is 1150. The van der Waals surface area contributed by atoms with E-state index < -0.39 is 17.5 Å². The van der Waals surface area contributed by atoms with Gasteiger partial charge in [-0.15, -0.1) is 0 Å². The zero-order valence-corrected chi connectivity index (χ0v) is 15.8. The third kappa shape index (κ3) is 3.84. The van der Waals surface area contributed by atoms with Gasteiger partial charge in [0, 0.05) is 16.5 Å². The minimum Gasteiger partial charge on any atom is -0.508 e. The lowest BCUT2D eigenvalue weighted by Crippen LogP contribution is -2.22. The van der Waals surface area contributed by atoms with Crippen LogP contribution in [0.1, 0.15) is 21.5 Å². The highest BCUT2D eigenvalue weighted by Crippen LogP contribution is 2.25. The van der Waals surface area contributed by atoms with Crippen LogP contribution in [0.3, 0.4) is 0 Å². The van der Waals surface area contributed by atoms with E-state index in [1.165, 1.54) is 37.4 Å². The summed E-state index contributed by atoms with van der Waals surface area (Å²) in [5.41, 5.74) is 0.618. The Morgan fingerprint density at radius 3 is 2.68 bits per heavy atom. The number of benzene rings is 2. The normalized spacial score (nSPS) is 10.7. The van der Waals surface area contributed by atoms with Crippen molar-refractivity contribution in [3.63, 3.8) is 0 Å². The summed E-state index contributed by atoms with van der Waals surface area (Å²) in [7, 11) is 1.23. The summed E-state index contributed by atoms with van der Waals surface area (Å²) in [6.45, 7) is 1.69. The summed E-state index contributed by atoms with van der Waals surface area (Å²) in [5, 5.41) is 13.0. The maximum atomic E-state index is 12.5. The molecule has 2 aromatic carbocycles. The Morgan fingerprint density at radius 2 is 1.96 bits per heavy atom. The fraction of sp³-hybridized carbons (Fsp3) is 0.150. The molecule has 144 valence electrons. The molecule has 0 fully saturated rings. The van der Waals surface area contributed by atoms with E-state index in [1.54, 1.807) is 13.0 Å². The first kappa shape index (κ1) is 19.4. The van der Waals surface area contributed by atoms with Crippen LogP contribution >= 0.6 is 11.6 Å². The summed E-state index contributed by atoms with van der Waals surface area (Å²) >= 11 is 5.95. The lowest BCUT2D eigenvalue weighted by molar-refractivity contribution is -0.115. The molecule has 3 rings (SSSR count). The van der Waals surface area contributed by atoms with E-state index in [0.29, 0.717) is 16.0 Å². The molecule has 0 aliphatic heterocycles. The Morgan fingerprint density at radius 1 is 1.21 bits per heavy atom. The molecule has 1 aromatic heterocycles. The second-order valence-corrected chi connectivity index (χ2v) is 6.52. The molecule has 0 atom stereocenters. The summed E-state index contributed by atoms with van der Waals surface area (Å²) in [6, 6.07) is 8.77. The predicted octanol–water partition coefficient (Wildman–Crippen LogP) is 3.43. The molecule has 0 aliphatic carbocycles. The number of amides is 1. The number of rotatable bonds is 4. The van der Waals surface area contributed by atoms with Crippen LogP contribution in [0, 0.1) is 6.92 Å². The number of phenolic OH excluding ortho intramolecular Hbond substituents is 1. The van der Waals surface area contributed by atoms with Gasteiger partial charge in [0.2, 0.25) is 5.91 Å². The number of methoxy groups -OCH3 is 1. The maximum absolute atomic E-state index is 12.5. The smallest absolute Gasteiger partial charge is 0.340 e. The molecule has 8 heteroatoms. The zero-order valence-electron chi connectivity index (χ0n) is 15.0. The van der Waals surface area contributed by atoms with Gasteiger partial charge in [-0.2, -0.15) is 0 Å². The maximum Gasteiger partial charge on any atom is 0.340 e. The Labute approximate surface area is 164 Å². The first-order valence-electron chi connectivity index (χ1n) is 8.23. The van der Waals surface area contributed by atoms with Crippen LogP contribution in [-0.2, 0) is 16.0 Å². The first-order valence-corrected chi connectivity index (χ1v) is 8.61. The van der Waals surface area contributed by atoms with Gasteiger partial charge in [-0.05, 0) is 42.8 Å². The molecule has 2 N–H and O–H groups in total. The molecule has 0 saturated carbocycles. The molecule has 0 radical (unpaired) electrons. The molecule has 0 saturated heterocycles. The van der Waals surface area contributed by atoms with Gasteiger partial charge >= 0.3 is 11.6 Å². The number of carbonyl (C=O) groups is 2. The van der Waals surface area contributed by atoms with Gasteiger partial charge in [-0.1, -0.05) is 11.6 Å². The topological polar surface area (TPSA) is 106 Å². The third-order valence-electron chi connectivity index (χ3n) is 4.27. The molecule has 1 heterocycles. The highest BCUT2D eigenvalue weighted by molar-refractivity contribution is 6.31. The average molecular weight is 402 g/mol. The Kier molecular flexibility index (Phi) is 5.37. The van der Waals surface area contributed by atoms with Gasteiger partial charge in [-0.3, -0.25) is 4.79 Å². The molecular weight excluding hydrogens is 386 g/mol. The number of esters is 1. The molecular formula is C20H16ClNO6. The van der Waals surface area contributed by atoms with Gasteiger partial charge in [0.25, 0.3) is 0 Å². The summed E-state index contributed by atoms with van der Waals surface area (Å²) in [6.07, 6.45) is -0.266. The number of carbonyl (C=O) groups excluding carboxylic acids is 2. The van der Waals surface area contributed by atoms with E-state index in [0.717, 1.165) is 0 Å². The number of nitrogens with one attached hydrogen (secondary N) is 1. The number of phenols is 1. The molecule has 0 unspecified atom stereocenters. The van der Waals surface area contributed by atoms with Crippen molar-refractivity contribution in [1.29, 1.82) is 0 Å². The van der Waals surface area contributed by atoms with Crippen LogP contribution in [0.25, 0.3) is 11.0 Å².